The highest BCUT2D eigenvalue weighted by Crippen LogP contribution is 2.30. The summed E-state index contributed by atoms with van der Waals surface area (Å²) in [5, 5.41) is 0. The van der Waals surface area contributed by atoms with Gasteiger partial charge < -0.3 is 0 Å². The highest BCUT2D eigenvalue weighted by Gasteiger charge is 2.37. The van der Waals surface area contributed by atoms with Gasteiger partial charge >= 0.3 is 0 Å². The first-order valence-electron chi connectivity index (χ1n) is 4.03. The van der Waals surface area contributed by atoms with E-state index in [2.05, 4.69) is 11.8 Å². The second kappa shape index (κ2) is 2.06. The Morgan fingerprint density at radius 3 is 3.10 bits per heavy atom. The van der Waals surface area contributed by atoms with Crippen molar-refractivity contribution in [1.82, 2.24) is 4.90 Å². The van der Waals surface area contributed by atoms with E-state index in [1.807, 2.05) is 0 Å². The molecule has 0 aromatic carbocycles. The van der Waals surface area contributed by atoms with E-state index in [-0.39, 0.29) is 0 Å². The molecule has 0 aromatic rings. The second-order valence-corrected chi connectivity index (χ2v) is 3.50. The van der Waals surface area contributed by atoms with Crippen molar-refractivity contribution in [2.75, 3.05) is 13.1 Å². The average molecular weight is 139 g/mol. The number of ketones is 1. The highest BCUT2D eigenvalue weighted by atomic mass is 16.1. The lowest BCUT2D eigenvalue weighted by Crippen LogP contribution is -2.40. The molecule has 0 spiro atoms. The Hall–Kier alpha value is -0.370. The van der Waals surface area contributed by atoms with E-state index in [0.717, 1.165) is 19.5 Å². The van der Waals surface area contributed by atoms with Crippen molar-refractivity contribution < 1.29 is 4.79 Å². The third kappa shape index (κ3) is 0.788. The molecule has 2 saturated heterocycles. The minimum Gasteiger partial charge on any atom is -0.298 e. The van der Waals surface area contributed by atoms with Crippen molar-refractivity contribution in [2.45, 2.75) is 25.8 Å². The maximum Gasteiger partial charge on any atom is 0.147 e. The van der Waals surface area contributed by atoms with Crippen molar-refractivity contribution in [3.63, 3.8) is 0 Å². The Bertz CT molecular complexity index is 151. The van der Waals surface area contributed by atoms with Crippen LogP contribution in [0, 0.1) is 5.92 Å². The van der Waals surface area contributed by atoms with Gasteiger partial charge in [-0.05, 0) is 25.8 Å². The number of fused-ring (bicyclic) bond motifs is 2. The Kier molecular flexibility index (Phi) is 1.31. The van der Waals surface area contributed by atoms with Crippen LogP contribution in [0.4, 0.5) is 0 Å². The van der Waals surface area contributed by atoms with E-state index >= 15 is 0 Å². The standard InChI is InChI=1S/C8H13NO/c1-6-7-2-3-9(6)5-8(10)4-7/h6-7H,2-5H2,1H3/t6?,7-/m0/s1. The van der Waals surface area contributed by atoms with E-state index in [0.29, 0.717) is 17.7 Å². The van der Waals surface area contributed by atoms with E-state index < -0.39 is 0 Å². The maximum absolute atomic E-state index is 11.0. The summed E-state index contributed by atoms with van der Waals surface area (Å²) in [6.07, 6.45) is 2.09. The molecule has 0 N–H and O–H groups in total. The topological polar surface area (TPSA) is 20.3 Å². The van der Waals surface area contributed by atoms with E-state index in [4.69, 9.17) is 0 Å². The lowest BCUT2D eigenvalue weighted by molar-refractivity contribution is -0.123. The largest absolute Gasteiger partial charge is 0.298 e. The Labute approximate surface area is 61.2 Å². The first kappa shape index (κ1) is 6.35. The summed E-state index contributed by atoms with van der Waals surface area (Å²) >= 11 is 0. The monoisotopic (exact) mass is 139 g/mol. The molecule has 0 aromatic heterocycles. The van der Waals surface area contributed by atoms with Gasteiger partial charge in [-0.2, -0.15) is 0 Å². The van der Waals surface area contributed by atoms with Crippen molar-refractivity contribution in [3.05, 3.63) is 0 Å². The van der Waals surface area contributed by atoms with Crippen LogP contribution in [0.1, 0.15) is 19.8 Å². The molecule has 2 nitrogen and oxygen atoms in total. The predicted octanol–water partition coefficient (Wildman–Crippen LogP) is 0.670. The number of carbonyl (C=O) groups excluding carboxylic acids is 1. The number of nitrogens with zero attached hydrogens (tertiary/aromatic N) is 1. The smallest absolute Gasteiger partial charge is 0.147 e. The fourth-order valence-corrected chi connectivity index (χ4v) is 2.15. The van der Waals surface area contributed by atoms with Gasteiger partial charge in [0.25, 0.3) is 0 Å². The summed E-state index contributed by atoms with van der Waals surface area (Å²) in [5.41, 5.74) is 0. The molecule has 0 radical (unpaired) electrons. The lowest BCUT2D eigenvalue weighted by Gasteiger charge is -2.28. The Morgan fingerprint density at radius 1 is 1.60 bits per heavy atom. The van der Waals surface area contributed by atoms with Crippen LogP contribution >= 0.6 is 0 Å². The third-order valence-electron chi connectivity index (χ3n) is 2.91. The first-order chi connectivity index (χ1) is 4.77. The van der Waals surface area contributed by atoms with Gasteiger partial charge in [0.1, 0.15) is 5.78 Å². The zero-order valence-corrected chi connectivity index (χ0v) is 6.34. The maximum atomic E-state index is 11.0. The molecule has 10 heavy (non-hydrogen) atoms. The molecule has 56 valence electrons. The normalized spacial score (nSPS) is 46.1. The van der Waals surface area contributed by atoms with Gasteiger partial charge in [0.2, 0.25) is 0 Å². The number of piperidine rings is 1. The quantitative estimate of drug-likeness (QED) is 0.491. The Balaban J connectivity index is 2.16. The molecule has 0 aliphatic carbocycles. The summed E-state index contributed by atoms with van der Waals surface area (Å²) in [6, 6.07) is 0.678. The molecular formula is C8H13NO. The number of carbonyl (C=O) groups is 1. The number of hydrogen-bond donors (Lipinski definition) is 0. The van der Waals surface area contributed by atoms with Crippen molar-refractivity contribution in [1.29, 1.82) is 0 Å². The number of rotatable bonds is 0. The number of hydrogen-bond acceptors (Lipinski definition) is 2. The zero-order chi connectivity index (χ0) is 7.14. The average Bonchev–Trinajstić information content (AvgIpc) is 2.20. The van der Waals surface area contributed by atoms with Crippen LogP contribution in [-0.4, -0.2) is 29.8 Å². The molecule has 2 bridgehead atoms. The van der Waals surface area contributed by atoms with Gasteiger partial charge in [-0.15, -0.1) is 0 Å². The van der Waals surface area contributed by atoms with Gasteiger partial charge in [-0.3, -0.25) is 9.69 Å². The molecule has 2 rings (SSSR count). The summed E-state index contributed by atoms with van der Waals surface area (Å²) < 4.78 is 0. The van der Waals surface area contributed by atoms with Crippen LogP contribution in [0.3, 0.4) is 0 Å². The third-order valence-corrected chi connectivity index (χ3v) is 2.91. The van der Waals surface area contributed by atoms with Crippen molar-refractivity contribution in [2.24, 2.45) is 5.92 Å². The SMILES string of the molecule is CC1[C@H]2CCN1CC(=O)C2. The van der Waals surface area contributed by atoms with Crippen molar-refractivity contribution in [3.8, 4) is 0 Å². The number of Topliss-reactive ketones (excluding diaryl/α,β-unsaturated/α-hetero) is 1. The van der Waals surface area contributed by atoms with Crippen LogP contribution < -0.4 is 0 Å². The van der Waals surface area contributed by atoms with E-state index in [1.165, 1.54) is 6.42 Å². The minimum atomic E-state index is 0.445. The molecule has 2 heterocycles. The summed E-state index contributed by atoms with van der Waals surface area (Å²) in [6.45, 7) is 4.11. The van der Waals surface area contributed by atoms with Crippen LogP contribution in [0.15, 0.2) is 0 Å². The van der Waals surface area contributed by atoms with Gasteiger partial charge in [0, 0.05) is 12.5 Å². The van der Waals surface area contributed by atoms with Crippen LogP contribution in [0.2, 0.25) is 0 Å². The molecule has 2 aliphatic rings. The molecule has 2 unspecified atom stereocenters. The van der Waals surface area contributed by atoms with Crippen LogP contribution in [0.5, 0.6) is 0 Å². The lowest BCUT2D eigenvalue weighted by atomic mass is 9.93. The molecule has 0 amide bonds. The highest BCUT2D eigenvalue weighted by molar-refractivity contribution is 5.81. The minimum absolute atomic E-state index is 0.445. The zero-order valence-electron chi connectivity index (χ0n) is 6.34. The Morgan fingerprint density at radius 2 is 2.40 bits per heavy atom. The summed E-state index contributed by atoms with van der Waals surface area (Å²) in [4.78, 5) is 13.3. The molecular weight excluding hydrogens is 126 g/mol. The predicted molar refractivity (Wildman–Crippen MR) is 38.8 cm³/mol. The summed E-state index contributed by atoms with van der Waals surface area (Å²) in [7, 11) is 0. The molecule has 2 aliphatic heterocycles. The van der Waals surface area contributed by atoms with Gasteiger partial charge in [-0.1, -0.05) is 0 Å². The fraction of sp³-hybridized carbons (Fsp3) is 0.875. The van der Waals surface area contributed by atoms with E-state index in [1.54, 1.807) is 0 Å². The molecule has 2 fully saturated rings. The molecule has 0 saturated carbocycles. The van der Waals surface area contributed by atoms with E-state index in [9.17, 15) is 4.79 Å². The van der Waals surface area contributed by atoms with Gasteiger partial charge in [-0.25, -0.2) is 0 Å². The molecule has 3 atom stereocenters. The van der Waals surface area contributed by atoms with Gasteiger partial charge in [0.05, 0.1) is 6.54 Å². The molecule has 2 heteroatoms. The first-order valence-corrected chi connectivity index (χ1v) is 4.03. The fourth-order valence-electron chi connectivity index (χ4n) is 2.15. The van der Waals surface area contributed by atoms with Crippen molar-refractivity contribution >= 4 is 5.78 Å². The second-order valence-electron chi connectivity index (χ2n) is 3.50. The summed E-state index contributed by atoms with van der Waals surface area (Å²) in [5.74, 6) is 1.13. The van der Waals surface area contributed by atoms with Crippen LogP contribution in [0.25, 0.3) is 0 Å². The van der Waals surface area contributed by atoms with Gasteiger partial charge in [0.15, 0.2) is 0 Å². The van der Waals surface area contributed by atoms with Crippen LogP contribution in [-0.2, 0) is 4.79 Å².